The fourth-order valence-electron chi connectivity index (χ4n) is 8.54. The smallest absolute Gasteiger partial charge is 0.295 e. The minimum absolute atomic E-state index is 0.0138. The molecule has 3 N–H and O–H groups in total. The largest absolute Gasteiger partial charge is 0.361 e. The van der Waals surface area contributed by atoms with Crippen molar-refractivity contribution in [1.29, 1.82) is 0 Å². The molecular weight excluding hydrogens is 995 g/mol. The predicted octanol–water partition coefficient (Wildman–Crippen LogP) is 5.66. The number of benzene rings is 2. The van der Waals surface area contributed by atoms with Gasteiger partial charge in [-0.1, -0.05) is 63.5 Å². The number of aldehydes is 1. The Morgan fingerprint density at radius 1 is 0.667 bits per heavy atom. The highest BCUT2D eigenvalue weighted by atomic mass is 28.3. The fourth-order valence-corrected chi connectivity index (χ4v) is 10.0. The van der Waals surface area contributed by atoms with E-state index in [2.05, 4.69) is 49.6 Å². The lowest BCUT2D eigenvalue weighted by Crippen LogP contribution is -2.50. The number of aryl methyl sites for hydroxylation is 2. The zero-order chi connectivity index (χ0) is 54.5. The van der Waals surface area contributed by atoms with Gasteiger partial charge in [0.2, 0.25) is 11.8 Å². The highest BCUT2D eigenvalue weighted by Crippen LogP contribution is 2.41. The number of nitrogens with one attached hydrogen (secondary N) is 1. The Morgan fingerprint density at radius 2 is 1.11 bits per heavy atom. The number of likely N-dealkylation sites (N-methyl/N-ethyl adjacent to an activating group) is 2. The second-order valence-electron chi connectivity index (χ2n) is 22.7. The van der Waals surface area contributed by atoms with Crippen molar-refractivity contribution in [3.05, 3.63) is 116 Å². The molecule has 21 heteroatoms. The van der Waals surface area contributed by atoms with Crippen LogP contribution in [0.2, 0.25) is 51.4 Å². The average Bonchev–Trinajstić information content (AvgIpc) is 4.30. The Kier molecular flexibility index (Phi) is 21.2. The zero-order valence-corrected chi connectivity index (χ0v) is 47.4. The topological polar surface area (TPSA) is 190 Å². The summed E-state index contributed by atoms with van der Waals surface area (Å²) in [6, 6.07) is 16.1. The second-order valence-corrected chi connectivity index (χ2v) is 33.9. The molecule has 8 rings (SSSR count). The van der Waals surface area contributed by atoms with E-state index in [0.717, 1.165) is 49.9 Å². The zero-order valence-electron chi connectivity index (χ0n) is 45.4. The first kappa shape index (κ1) is 58.8. The molecule has 2 aromatic carbocycles. The Balaban J connectivity index is 0.000000208. The number of carbonyl (C=O) groups is 3. The van der Waals surface area contributed by atoms with Crippen molar-refractivity contribution in [2.45, 2.75) is 127 Å². The van der Waals surface area contributed by atoms with E-state index in [4.69, 9.17) is 20.2 Å². The van der Waals surface area contributed by atoms with Gasteiger partial charge in [-0.2, -0.15) is 0 Å². The summed E-state index contributed by atoms with van der Waals surface area (Å²) in [7, 11) is 1.10. The third-order valence-corrected chi connectivity index (χ3v) is 17.1. The molecule has 410 valence electrons. The van der Waals surface area contributed by atoms with Crippen LogP contribution in [0.4, 0.5) is 20.4 Å². The highest BCUT2D eigenvalue weighted by Gasteiger charge is 2.38. The van der Waals surface area contributed by atoms with Gasteiger partial charge in [-0.15, -0.1) is 0 Å². The Bertz CT molecular complexity index is 2650. The van der Waals surface area contributed by atoms with Crippen LogP contribution >= 0.6 is 0 Å². The third kappa shape index (κ3) is 18.7. The fraction of sp³-hybridized carbons (Fsp3) is 0.574. The molecule has 0 bridgehead atoms. The number of ether oxygens (including phenoxy) is 2. The van der Waals surface area contributed by atoms with Gasteiger partial charge in [0.1, 0.15) is 31.4 Å². The first-order chi connectivity index (χ1) is 35.6. The summed E-state index contributed by atoms with van der Waals surface area (Å²) in [5, 5.41) is 3.59. The molecule has 4 aromatic rings. The lowest BCUT2D eigenvalue weighted by Gasteiger charge is -2.32. The number of halogens is 2. The lowest BCUT2D eigenvalue weighted by atomic mass is 10.1. The van der Waals surface area contributed by atoms with Gasteiger partial charge in [0.05, 0.1) is 24.5 Å². The Morgan fingerprint density at radius 3 is 1.52 bits per heavy atom. The van der Waals surface area contributed by atoms with Crippen LogP contribution in [0.1, 0.15) is 60.0 Å². The molecule has 17 nitrogen and oxygen atoms in total. The van der Waals surface area contributed by atoms with Crippen molar-refractivity contribution in [3.8, 4) is 0 Å². The quantitative estimate of drug-likeness (QED) is 0.0558. The van der Waals surface area contributed by atoms with Crippen LogP contribution < -0.4 is 32.0 Å². The number of anilines is 2. The van der Waals surface area contributed by atoms with Crippen molar-refractivity contribution in [2.75, 3.05) is 82.9 Å². The van der Waals surface area contributed by atoms with Gasteiger partial charge in [0, 0.05) is 112 Å². The molecule has 2 saturated heterocycles. The first-order valence-electron chi connectivity index (χ1n) is 26.4. The van der Waals surface area contributed by atoms with Gasteiger partial charge in [-0.05, 0) is 86.1 Å². The van der Waals surface area contributed by atoms with Crippen LogP contribution in [-0.2, 0) is 50.2 Å². The minimum Gasteiger partial charge on any atom is -0.361 e. The molecule has 2 amide bonds. The van der Waals surface area contributed by atoms with E-state index < -0.39 is 16.1 Å². The first-order valence-corrected chi connectivity index (χ1v) is 33.8. The summed E-state index contributed by atoms with van der Waals surface area (Å²) < 4.78 is 40.3. The number of nitrogens with two attached hydrogens (primary N) is 1. The number of aromatic nitrogens is 4. The normalized spacial score (nSPS) is 19.6. The van der Waals surface area contributed by atoms with Crippen molar-refractivity contribution in [1.82, 2.24) is 34.2 Å². The second kappa shape index (κ2) is 27.0. The molecule has 4 atom stereocenters. The van der Waals surface area contributed by atoms with Crippen molar-refractivity contribution in [3.63, 3.8) is 0 Å². The van der Waals surface area contributed by atoms with E-state index in [1.807, 2.05) is 24.3 Å². The number of piperazine rings is 2. The molecule has 2 aromatic heterocycles. The molecule has 4 fully saturated rings. The number of nitrogens with zero attached hydrogens (tertiary/aromatic N) is 8. The summed E-state index contributed by atoms with van der Waals surface area (Å²) >= 11 is 0. The Labute approximate surface area is 442 Å². The van der Waals surface area contributed by atoms with Crippen LogP contribution in [0.25, 0.3) is 0 Å². The molecule has 2 aliphatic carbocycles. The summed E-state index contributed by atoms with van der Waals surface area (Å²) in [6.07, 6.45) is 8.77. The molecule has 4 heterocycles. The van der Waals surface area contributed by atoms with Gasteiger partial charge in [-0.25, -0.2) is 18.7 Å². The number of amides is 2. The van der Waals surface area contributed by atoms with E-state index in [1.54, 1.807) is 50.7 Å². The standard InChI is InChI=1S/C27H40FN5O3Si.C18H30N4O4Si.C9H10FN/c1-31-12-13-32(18-25(31)34)26-27(35)33(19-36-14-15-37(2,3)4)17-22(30-26)6-5-11-29-24-16-23(24)20-7-9-21(28)10-8-20;1-20-7-8-21(13-16(20)24)17-18(25)22(12-15(19-17)6-5-9-23)14-26-10-11-27(2,3)4;10-7-3-1-6(2-4-7)8-5-9(8)11/h7-10,17,23-24,29H,5-6,11-16,18-19H2,1-4H3;9,12H,5-8,10-11,13-14H2,1-4H3;1-4,8-9H,5,11H2/t23-,24+;;8-,9+/m0.0/s1. The monoisotopic (exact) mass is 1070 g/mol. The third-order valence-electron chi connectivity index (χ3n) is 13.7. The molecule has 4 aliphatic rings. The number of hydrogen-bond acceptors (Lipinski definition) is 13. The van der Waals surface area contributed by atoms with Crippen molar-refractivity contribution >= 4 is 45.9 Å². The van der Waals surface area contributed by atoms with Crippen LogP contribution in [0.15, 0.2) is 70.5 Å². The van der Waals surface area contributed by atoms with Crippen LogP contribution in [0.3, 0.4) is 0 Å². The SMILES string of the molecule is CN1CCN(c2nc(CCC=O)cn(COCC[Si](C)(C)C)c2=O)CC1=O.CN1CCN(c2nc(CCCN[C@@H]3C[C@H]3c3ccc(F)cc3)cn(COCC[Si](C)(C)C)c2=O)CC1=O.N[C@@H]1C[C@H]1c1ccc(F)cc1. The van der Waals surface area contributed by atoms with E-state index in [-0.39, 0.29) is 66.9 Å². The molecular formula is C54H80F2N10O7Si2. The molecule has 0 spiro atoms. The molecule has 0 radical (unpaired) electrons. The van der Waals surface area contributed by atoms with Gasteiger partial charge in [-0.3, -0.25) is 28.3 Å². The van der Waals surface area contributed by atoms with Crippen molar-refractivity contribution < 1.29 is 32.6 Å². The van der Waals surface area contributed by atoms with Crippen LogP contribution in [-0.4, -0.2) is 148 Å². The van der Waals surface area contributed by atoms with E-state index >= 15 is 0 Å². The maximum Gasteiger partial charge on any atom is 0.295 e. The average molecular weight is 1080 g/mol. The van der Waals surface area contributed by atoms with Crippen LogP contribution in [0, 0.1) is 11.6 Å². The maximum absolute atomic E-state index is 13.2. The lowest BCUT2D eigenvalue weighted by molar-refractivity contribution is -0.130. The van der Waals surface area contributed by atoms with E-state index in [1.165, 1.54) is 40.0 Å². The minimum atomic E-state index is -1.23. The summed E-state index contributed by atoms with van der Waals surface area (Å²) in [6.45, 7) is 18.7. The molecule has 2 saturated carbocycles. The predicted molar refractivity (Wildman–Crippen MR) is 295 cm³/mol. The number of carbonyl (C=O) groups excluding carboxylic acids is 3. The van der Waals surface area contributed by atoms with Gasteiger partial charge in [0.25, 0.3) is 11.1 Å². The van der Waals surface area contributed by atoms with E-state index in [0.29, 0.717) is 94.1 Å². The molecule has 0 unspecified atom stereocenters. The van der Waals surface area contributed by atoms with Crippen LogP contribution in [0.5, 0.6) is 0 Å². The van der Waals surface area contributed by atoms with E-state index in [9.17, 15) is 32.8 Å². The van der Waals surface area contributed by atoms with Gasteiger partial charge in [0.15, 0.2) is 11.6 Å². The van der Waals surface area contributed by atoms with Gasteiger partial charge >= 0.3 is 0 Å². The summed E-state index contributed by atoms with van der Waals surface area (Å²) in [4.78, 5) is 77.1. The van der Waals surface area contributed by atoms with Crippen molar-refractivity contribution in [2.24, 2.45) is 5.73 Å². The summed E-state index contributed by atoms with van der Waals surface area (Å²) in [5.74, 6) is 1.07. The highest BCUT2D eigenvalue weighted by molar-refractivity contribution is 6.76. The van der Waals surface area contributed by atoms with Gasteiger partial charge < -0.3 is 44.9 Å². The summed E-state index contributed by atoms with van der Waals surface area (Å²) in [5.41, 5.74) is 8.97. The number of hydrogen-bond donors (Lipinski definition) is 2. The Hall–Kier alpha value is -5.46. The number of rotatable bonds is 22. The molecule has 75 heavy (non-hydrogen) atoms. The molecule has 2 aliphatic heterocycles. The maximum atomic E-state index is 13.2.